The fourth-order valence-corrected chi connectivity index (χ4v) is 1.94. The van der Waals surface area contributed by atoms with Gasteiger partial charge in [-0.15, -0.1) is 0 Å². The van der Waals surface area contributed by atoms with Crippen LogP contribution >= 0.6 is 0 Å². The number of aryl methyl sites for hydroxylation is 2. The molecule has 0 atom stereocenters. The highest BCUT2D eigenvalue weighted by atomic mass is 19.1. The van der Waals surface area contributed by atoms with Crippen LogP contribution in [0, 0.1) is 12.7 Å². The van der Waals surface area contributed by atoms with Gasteiger partial charge in [-0.1, -0.05) is 6.92 Å². The molecule has 0 N–H and O–H groups in total. The summed E-state index contributed by atoms with van der Waals surface area (Å²) in [7, 11) is 0. The number of halogens is 1. The number of carbonyl (C=O) groups excluding carboxylic acids is 1. The molecule has 0 aliphatic rings. The Balaban J connectivity index is 2.38. The normalized spacial score (nSPS) is 10.6. The van der Waals surface area contributed by atoms with E-state index in [1.807, 2.05) is 6.92 Å². The molecule has 0 amide bonds. The van der Waals surface area contributed by atoms with Gasteiger partial charge in [0.2, 0.25) is 5.78 Å². The second-order valence-corrected chi connectivity index (χ2v) is 4.23. The van der Waals surface area contributed by atoms with Crippen LogP contribution in [0.3, 0.4) is 0 Å². The second kappa shape index (κ2) is 5.12. The molecule has 0 unspecified atom stereocenters. The van der Waals surface area contributed by atoms with Gasteiger partial charge in [-0.25, -0.2) is 4.39 Å². The van der Waals surface area contributed by atoms with Crippen molar-refractivity contribution in [2.24, 2.45) is 0 Å². The van der Waals surface area contributed by atoms with Gasteiger partial charge in [-0.2, -0.15) is 5.10 Å². The number of benzene rings is 1. The number of hydrogen-bond acceptors (Lipinski definition) is 2. The van der Waals surface area contributed by atoms with E-state index in [0.29, 0.717) is 23.4 Å². The molecule has 0 bridgehead atoms. The zero-order chi connectivity index (χ0) is 13.1. The number of rotatable bonds is 4. The Morgan fingerprint density at radius 1 is 1.39 bits per heavy atom. The third-order valence-electron chi connectivity index (χ3n) is 2.82. The van der Waals surface area contributed by atoms with Crippen LogP contribution in [-0.2, 0) is 6.54 Å². The number of carbonyl (C=O) groups is 1. The lowest BCUT2D eigenvalue weighted by Crippen LogP contribution is -2.12. The number of hydrogen-bond donors (Lipinski definition) is 0. The smallest absolute Gasteiger partial charge is 0.211 e. The molecule has 2 aromatic rings. The molecule has 0 radical (unpaired) electrons. The molecule has 94 valence electrons. The van der Waals surface area contributed by atoms with Gasteiger partial charge < -0.3 is 0 Å². The van der Waals surface area contributed by atoms with Crippen molar-refractivity contribution in [2.75, 3.05) is 0 Å². The van der Waals surface area contributed by atoms with E-state index in [1.165, 1.54) is 18.2 Å². The number of nitrogens with zero attached hydrogens (tertiary/aromatic N) is 2. The van der Waals surface area contributed by atoms with E-state index in [2.05, 4.69) is 5.10 Å². The molecule has 0 saturated heterocycles. The Bertz CT molecular complexity index is 575. The Kier molecular flexibility index (Phi) is 3.55. The van der Waals surface area contributed by atoms with Crippen LogP contribution in [-0.4, -0.2) is 15.6 Å². The van der Waals surface area contributed by atoms with Crippen LogP contribution in [0.5, 0.6) is 0 Å². The van der Waals surface area contributed by atoms with Crippen molar-refractivity contribution in [3.63, 3.8) is 0 Å². The Morgan fingerprint density at radius 2 is 2.17 bits per heavy atom. The summed E-state index contributed by atoms with van der Waals surface area (Å²) in [6.07, 6.45) is 2.52. The van der Waals surface area contributed by atoms with E-state index in [0.717, 1.165) is 6.42 Å². The van der Waals surface area contributed by atoms with E-state index >= 15 is 0 Å². The van der Waals surface area contributed by atoms with Crippen molar-refractivity contribution in [1.82, 2.24) is 9.78 Å². The lowest BCUT2D eigenvalue weighted by Gasteiger charge is -2.07. The van der Waals surface area contributed by atoms with Crippen molar-refractivity contribution in [3.05, 3.63) is 53.1 Å². The monoisotopic (exact) mass is 246 g/mol. The van der Waals surface area contributed by atoms with E-state index in [9.17, 15) is 9.18 Å². The maximum absolute atomic E-state index is 13.0. The highest BCUT2D eigenvalue weighted by Crippen LogP contribution is 2.15. The molecule has 1 aromatic heterocycles. The molecule has 0 fully saturated rings. The van der Waals surface area contributed by atoms with Crippen molar-refractivity contribution >= 4 is 5.78 Å². The molecule has 2 rings (SSSR count). The fourth-order valence-electron chi connectivity index (χ4n) is 1.94. The lowest BCUT2D eigenvalue weighted by atomic mass is 10.0. The highest BCUT2D eigenvalue weighted by Gasteiger charge is 2.16. The quantitative estimate of drug-likeness (QED) is 0.777. The van der Waals surface area contributed by atoms with Gasteiger partial charge in [-0.05, 0) is 43.2 Å². The van der Waals surface area contributed by atoms with Gasteiger partial charge >= 0.3 is 0 Å². The summed E-state index contributed by atoms with van der Waals surface area (Å²) in [5.74, 6) is -0.440. The Morgan fingerprint density at radius 3 is 2.83 bits per heavy atom. The maximum Gasteiger partial charge on any atom is 0.211 e. The van der Waals surface area contributed by atoms with Gasteiger partial charge in [0, 0.05) is 18.3 Å². The van der Waals surface area contributed by atoms with Gasteiger partial charge in [-0.3, -0.25) is 9.48 Å². The molecule has 0 aliphatic heterocycles. The largest absolute Gasteiger partial charge is 0.287 e. The van der Waals surface area contributed by atoms with E-state index in [4.69, 9.17) is 0 Å². The first-order chi connectivity index (χ1) is 8.63. The first-order valence-corrected chi connectivity index (χ1v) is 5.96. The lowest BCUT2D eigenvalue weighted by molar-refractivity contribution is 0.102. The minimum Gasteiger partial charge on any atom is -0.287 e. The molecule has 4 heteroatoms. The van der Waals surface area contributed by atoms with Gasteiger partial charge in [0.25, 0.3) is 0 Å². The molecule has 1 aromatic carbocycles. The minimum atomic E-state index is -0.328. The molecule has 3 nitrogen and oxygen atoms in total. The van der Waals surface area contributed by atoms with Gasteiger partial charge in [0.1, 0.15) is 11.5 Å². The second-order valence-electron chi connectivity index (χ2n) is 4.23. The van der Waals surface area contributed by atoms with Crippen LogP contribution in [0.25, 0.3) is 0 Å². The molecule has 0 saturated carbocycles. The van der Waals surface area contributed by atoms with Crippen molar-refractivity contribution in [3.8, 4) is 0 Å². The zero-order valence-corrected chi connectivity index (χ0v) is 10.5. The number of ketones is 1. The van der Waals surface area contributed by atoms with Crippen molar-refractivity contribution in [2.45, 2.75) is 26.8 Å². The topological polar surface area (TPSA) is 34.9 Å². The zero-order valence-electron chi connectivity index (χ0n) is 10.5. The molecular formula is C14H15FN2O. The predicted molar refractivity (Wildman–Crippen MR) is 67.1 cm³/mol. The Hall–Kier alpha value is -1.97. The summed E-state index contributed by atoms with van der Waals surface area (Å²) < 4.78 is 14.7. The molecule has 0 spiro atoms. The van der Waals surface area contributed by atoms with Crippen LogP contribution in [0.1, 0.15) is 35.0 Å². The summed E-state index contributed by atoms with van der Waals surface area (Å²) in [5, 5.41) is 4.12. The van der Waals surface area contributed by atoms with E-state index < -0.39 is 0 Å². The first kappa shape index (κ1) is 12.5. The molecule has 18 heavy (non-hydrogen) atoms. The fraction of sp³-hybridized carbons (Fsp3) is 0.286. The number of aromatic nitrogens is 2. The van der Waals surface area contributed by atoms with Gasteiger partial charge in [0.05, 0.1) is 0 Å². The summed E-state index contributed by atoms with van der Waals surface area (Å²) >= 11 is 0. The predicted octanol–water partition coefficient (Wildman–Crippen LogP) is 2.97. The minimum absolute atomic E-state index is 0.113. The third-order valence-corrected chi connectivity index (χ3v) is 2.82. The molecular weight excluding hydrogens is 231 g/mol. The SMILES string of the molecule is CCCn1nccc1C(=O)c1ccc(F)cc1C. The van der Waals surface area contributed by atoms with Crippen LogP contribution in [0.15, 0.2) is 30.5 Å². The highest BCUT2D eigenvalue weighted by molar-refractivity contribution is 6.08. The maximum atomic E-state index is 13.0. The van der Waals surface area contributed by atoms with Crippen molar-refractivity contribution in [1.29, 1.82) is 0 Å². The van der Waals surface area contributed by atoms with E-state index in [1.54, 1.807) is 23.9 Å². The van der Waals surface area contributed by atoms with Crippen LogP contribution < -0.4 is 0 Å². The van der Waals surface area contributed by atoms with E-state index in [-0.39, 0.29) is 11.6 Å². The average Bonchev–Trinajstić information content (AvgIpc) is 2.77. The molecule has 1 heterocycles. The van der Waals surface area contributed by atoms with Gasteiger partial charge in [0.15, 0.2) is 0 Å². The van der Waals surface area contributed by atoms with Crippen molar-refractivity contribution < 1.29 is 9.18 Å². The Labute approximate surface area is 105 Å². The third kappa shape index (κ3) is 2.32. The summed E-state index contributed by atoms with van der Waals surface area (Å²) in [5.41, 5.74) is 1.71. The standard InChI is InChI=1S/C14H15FN2O/c1-3-8-17-13(6-7-16-17)14(18)12-5-4-11(15)9-10(12)2/h4-7,9H,3,8H2,1-2H3. The summed E-state index contributed by atoms with van der Waals surface area (Å²) in [6.45, 7) is 4.46. The van der Waals surface area contributed by atoms with Crippen LogP contribution in [0.2, 0.25) is 0 Å². The van der Waals surface area contributed by atoms with Crippen LogP contribution in [0.4, 0.5) is 4.39 Å². The first-order valence-electron chi connectivity index (χ1n) is 5.96. The molecule has 0 aliphatic carbocycles. The summed E-state index contributed by atoms with van der Waals surface area (Å²) in [4.78, 5) is 12.4. The average molecular weight is 246 g/mol. The summed E-state index contributed by atoms with van der Waals surface area (Å²) in [6, 6.07) is 5.89.